The second kappa shape index (κ2) is 7.27. The van der Waals surface area contributed by atoms with Crippen molar-refractivity contribution < 1.29 is 0 Å². The van der Waals surface area contributed by atoms with Crippen LogP contribution in [-0.2, 0) is 0 Å². The molecule has 0 aliphatic rings. The molecule has 112 valence electrons. The van der Waals surface area contributed by atoms with Gasteiger partial charge in [-0.1, -0.05) is 31.0 Å². The summed E-state index contributed by atoms with van der Waals surface area (Å²) in [5, 5.41) is 7.26. The second-order valence-corrected chi connectivity index (χ2v) is 5.52. The molecule has 1 aromatic carbocycles. The molecule has 2 rings (SSSR count). The molecule has 0 spiro atoms. The lowest BCUT2D eigenvalue weighted by Gasteiger charge is -2.11. The largest absolute Gasteiger partial charge is 0.354 e. The third-order valence-corrected chi connectivity index (χ3v) is 3.37. The van der Waals surface area contributed by atoms with Gasteiger partial charge in [0.25, 0.3) is 0 Å². The standard InChI is InChI=1S/C16H21ClN4/c1-4-5-8-18-16-19-12(3)9-15(21-16)20-14-10-13(17)7-6-11(14)2/h6-7,9-10H,4-5,8H2,1-3H3,(H2,18,19,20,21). The molecular formula is C16H21ClN4. The van der Waals surface area contributed by atoms with Crippen molar-refractivity contribution in [1.29, 1.82) is 0 Å². The van der Waals surface area contributed by atoms with Gasteiger partial charge in [0.2, 0.25) is 5.95 Å². The number of aryl methyl sites for hydroxylation is 2. The number of unbranched alkanes of at least 4 members (excludes halogenated alkanes) is 1. The maximum atomic E-state index is 6.04. The van der Waals surface area contributed by atoms with Gasteiger partial charge in [-0.25, -0.2) is 4.98 Å². The zero-order valence-corrected chi connectivity index (χ0v) is 13.5. The Balaban J connectivity index is 2.17. The summed E-state index contributed by atoms with van der Waals surface area (Å²) in [5.74, 6) is 1.43. The van der Waals surface area contributed by atoms with Crippen molar-refractivity contribution in [2.45, 2.75) is 33.6 Å². The highest BCUT2D eigenvalue weighted by Crippen LogP contribution is 2.24. The molecule has 4 nitrogen and oxygen atoms in total. The zero-order chi connectivity index (χ0) is 15.2. The van der Waals surface area contributed by atoms with E-state index >= 15 is 0 Å². The Morgan fingerprint density at radius 3 is 2.71 bits per heavy atom. The lowest BCUT2D eigenvalue weighted by atomic mass is 10.2. The van der Waals surface area contributed by atoms with E-state index in [0.717, 1.165) is 42.1 Å². The summed E-state index contributed by atoms with van der Waals surface area (Å²) in [6, 6.07) is 7.69. The molecule has 0 atom stereocenters. The lowest BCUT2D eigenvalue weighted by molar-refractivity contribution is 0.825. The average molecular weight is 305 g/mol. The fourth-order valence-corrected chi connectivity index (χ4v) is 2.13. The number of rotatable bonds is 6. The summed E-state index contributed by atoms with van der Waals surface area (Å²) in [5.41, 5.74) is 3.00. The van der Waals surface area contributed by atoms with E-state index in [1.165, 1.54) is 0 Å². The van der Waals surface area contributed by atoms with Crippen molar-refractivity contribution in [3.05, 3.63) is 40.5 Å². The molecule has 0 saturated heterocycles. The minimum Gasteiger partial charge on any atom is -0.354 e. The van der Waals surface area contributed by atoms with Crippen LogP contribution in [0.4, 0.5) is 17.5 Å². The minimum atomic E-state index is 0.658. The van der Waals surface area contributed by atoms with Crippen molar-refractivity contribution in [3.63, 3.8) is 0 Å². The molecule has 0 aliphatic heterocycles. The van der Waals surface area contributed by atoms with Gasteiger partial charge in [0.1, 0.15) is 5.82 Å². The van der Waals surface area contributed by atoms with Crippen LogP contribution in [0.5, 0.6) is 0 Å². The fourth-order valence-electron chi connectivity index (χ4n) is 1.96. The van der Waals surface area contributed by atoms with Crippen LogP contribution in [0.3, 0.4) is 0 Å². The summed E-state index contributed by atoms with van der Waals surface area (Å²) >= 11 is 6.04. The zero-order valence-electron chi connectivity index (χ0n) is 12.7. The molecule has 5 heteroatoms. The van der Waals surface area contributed by atoms with Gasteiger partial charge in [0.05, 0.1) is 0 Å². The summed E-state index contributed by atoms with van der Waals surface area (Å²) in [7, 11) is 0. The van der Waals surface area contributed by atoms with Gasteiger partial charge in [-0.15, -0.1) is 0 Å². The number of hydrogen-bond donors (Lipinski definition) is 2. The Bertz CT molecular complexity index is 613. The SMILES string of the molecule is CCCCNc1nc(C)cc(Nc2cc(Cl)ccc2C)n1. The van der Waals surface area contributed by atoms with Crippen LogP contribution in [0, 0.1) is 13.8 Å². The first-order valence-corrected chi connectivity index (χ1v) is 7.59. The number of halogens is 1. The van der Waals surface area contributed by atoms with Crippen LogP contribution in [0.2, 0.25) is 5.02 Å². The fraction of sp³-hybridized carbons (Fsp3) is 0.375. The number of nitrogens with zero attached hydrogens (tertiary/aromatic N) is 2. The number of aromatic nitrogens is 2. The predicted molar refractivity (Wildman–Crippen MR) is 89.6 cm³/mol. The molecule has 0 saturated carbocycles. The smallest absolute Gasteiger partial charge is 0.224 e. The monoisotopic (exact) mass is 304 g/mol. The van der Waals surface area contributed by atoms with E-state index in [9.17, 15) is 0 Å². The molecule has 21 heavy (non-hydrogen) atoms. The predicted octanol–water partition coefficient (Wildman–Crippen LogP) is 4.70. The van der Waals surface area contributed by atoms with Crippen LogP contribution >= 0.6 is 11.6 Å². The Morgan fingerprint density at radius 2 is 1.95 bits per heavy atom. The van der Waals surface area contributed by atoms with Crippen LogP contribution in [0.1, 0.15) is 31.0 Å². The summed E-state index contributed by atoms with van der Waals surface area (Å²) < 4.78 is 0. The van der Waals surface area contributed by atoms with Gasteiger partial charge in [0, 0.05) is 29.0 Å². The Morgan fingerprint density at radius 1 is 1.14 bits per heavy atom. The van der Waals surface area contributed by atoms with Crippen molar-refractivity contribution >= 4 is 29.1 Å². The molecule has 1 heterocycles. The molecule has 2 N–H and O–H groups in total. The summed E-state index contributed by atoms with van der Waals surface area (Å²) in [6.45, 7) is 7.04. The Labute approximate surface area is 131 Å². The number of hydrogen-bond acceptors (Lipinski definition) is 4. The van der Waals surface area contributed by atoms with Crippen LogP contribution in [0.25, 0.3) is 0 Å². The molecule has 0 unspecified atom stereocenters. The van der Waals surface area contributed by atoms with Crippen molar-refractivity contribution in [1.82, 2.24) is 9.97 Å². The van der Waals surface area contributed by atoms with Crippen LogP contribution < -0.4 is 10.6 Å². The first-order valence-electron chi connectivity index (χ1n) is 7.21. The minimum absolute atomic E-state index is 0.658. The van der Waals surface area contributed by atoms with Crippen molar-refractivity contribution in [2.75, 3.05) is 17.2 Å². The first-order chi connectivity index (χ1) is 10.1. The molecule has 0 fully saturated rings. The van der Waals surface area contributed by atoms with E-state index in [0.29, 0.717) is 11.0 Å². The number of anilines is 3. The Hall–Kier alpha value is -1.81. The Kier molecular flexibility index (Phi) is 5.39. The molecule has 1 aromatic heterocycles. The van der Waals surface area contributed by atoms with E-state index < -0.39 is 0 Å². The maximum absolute atomic E-state index is 6.04. The van der Waals surface area contributed by atoms with Crippen LogP contribution in [0.15, 0.2) is 24.3 Å². The van der Waals surface area contributed by atoms with Gasteiger partial charge in [-0.3, -0.25) is 0 Å². The van der Waals surface area contributed by atoms with Crippen molar-refractivity contribution in [3.8, 4) is 0 Å². The third-order valence-electron chi connectivity index (χ3n) is 3.13. The van der Waals surface area contributed by atoms with Crippen LogP contribution in [-0.4, -0.2) is 16.5 Å². The van der Waals surface area contributed by atoms with Gasteiger partial charge >= 0.3 is 0 Å². The van der Waals surface area contributed by atoms with Crippen molar-refractivity contribution in [2.24, 2.45) is 0 Å². The van der Waals surface area contributed by atoms with E-state index in [-0.39, 0.29) is 0 Å². The average Bonchev–Trinajstić information content (AvgIpc) is 2.43. The molecule has 0 aliphatic carbocycles. The first kappa shape index (κ1) is 15.6. The number of nitrogens with one attached hydrogen (secondary N) is 2. The highest BCUT2D eigenvalue weighted by atomic mass is 35.5. The highest BCUT2D eigenvalue weighted by molar-refractivity contribution is 6.30. The van der Waals surface area contributed by atoms with Gasteiger partial charge in [-0.2, -0.15) is 4.98 Å². The molecule has 2 aromatic rings. The lowest BCUT2D eigenvalue weighted by Crippen LogP contribution is -2.07. The topological polar surface area (TPSA) is 49.8 Å². The molecule has 0 bridgehead atoms. The number of benzene rings is 1. The normalized spacial score (nSPS) is 10.5. The summed E-state index contributed by atoms with van der Waals surface area (Å²) in [6.07, 6.45) is 2.25. The van der Waals surface area contributed by atoms with E-state index in [2.05, 4.69) is 27.5 Å². The maximum Gasteiger partial charge on any atom is 0.224 e. The third kappa shape index (κ3) is 4.60. The van der Waals surface area contributed by atoms with Gasteiger partial charge < -0.3 is 10.6 Å². The molecule has 0 radical (unpaired) electrons. The van der Waals surface area contributed by atoms with Gasteiger partial charge in [0.15, 0.2) is 0 Å². The quantitative estimate of drug-likeness (QED) is 0.759. The molecular weight excluding hydrogens is 284 g/mol. The highest BCUT2D eigenvalue weighted by Gasteiger charge is 2.05. The van der Waals surface area contributed by atoms with E-state index in [1.54, 1.807) is 0 Å². The summed E-state index contributed by atoms with van der Waals surface area (Å²) in [4.78, 5) is 8.89. The van der Waals surface area contributed by atoms with E-state index in [1.807, 2.05) is 38.1 Å². The van der Waals surface area contributed by atoms with E-state index in [4.69, 9.17) is 11.6 Å². The molecule has 0 amide bonds. The van der Waals surface area contributed by atoms with Gasteiger partial charge in [-0.05, 0) is 38.0 Å². The second-order valence-electron chi connectivity index (χ2n) is 5.08.